The van der Waals surface area contributed by atoms with Crippen molar-refractivity contribution in [2.75, 3.05) is 6.54 Å². The molecule has 1 aromatic heterocycles. The number of nitrogens with zero attached hydrogens (tertiary/aromatic N) is 1. The van der Waals surface area contributed by atoms with E-state index in [0.29, 0.717) is 5.02 Å². The average Bonchev–Trinajstić information content (AvgIpc) is 2.55. The number of fused-ring (bicyclic) bond motifs is 1. The first-order valence-electron chi connectivity index (χ1n) is 8.16. The molecule has 1 aliphatic carbocycles. The van der Waals surface area contributed by atoms with Crippen LogP contribution >= 0.6 is 11.6 Å². The van der Waals surface area contributed by atoms with E-state index >= 15 is 0 Å². The highest BCUT2D eigenvalue weighted by Crippen LogP contribution is 2.34. The molecule has 118 valence electrons. The maximum Gasteiger partial charge on any atom is 0.138 e. The van der Waals surface area contributed by atoms with Gasteiger partial charge >= 0.3 is 0 Å². The van der Waals surface area contributed by atoms with Gasteiger partial charge in [0.2, 0.25) is 0 Å². The Bertz CT molecular complexity index is 624. The number of nitrogens with two attached hydrogens (primary N) is 1. The van der Waals surface area contributed by atoms with Crippen molar-refractivity contribution in [1.82, 2.24) is 4.98 Å². The zero-order valence-corrected chi connectivity index (χ0v) is 13.6. The van der Waals surface area contributed by atoms with Crippen molar-refractivity contribution < 1.29 is 4.74 Å². The topological polar surface area (TPSA) is 48.1 Å². The fourth-order valence-electron chi connectivity index (χ4n) is 3.30. The smallest absolute Gasteiger partial charge is 0.138 e. The van der Waals surface area contributed by atoms with E-state index in [1.165, 1.54) is 19.3 Å². The Morgan fingerprint density at radius 3 is 2.77 bits per heavy atom. The second-order valence-electron chi connectivity index (χ2n) is 6.20. The highest BCUT2D eigenvalue weighted by atomic mass is 35.5. The molecule has 0 unspecified atom stereocenters. The maximum atomic E-state index is 6.35. The molecule has 0 radical (unpaired) electrons. The number of benzene rings is 1. The van der Waals surface area contributed by atoms with Gasteiger partial charge in [-0.25, -0.2) is 0 Å². The molecule has 2 N–H and O–H groups in total. The van der Waals surface area contributed by atoms with Crippen LogP contribution in [0.4, 0.5) is 0 Å². The van der Waals surface area contributed by atoms with E-state index < -0.39 is 0 Å². The average molecular weight is 319 g/mol. The lowest BCUT2D eigenvalue weighted by molar-refractivity contribution is 0.128. The Labute approximate surface area is 136 Å². The summed E-state index contributed by atoms with van der Waals surface area (Å²) in [7, 11) is 0. The Morgan fingerprint density at radius 2 is 2.00 bits per heavy atom. The molecule has 0 saturated heterocycles. The third-order valence-electron chi connectivity index (χ3n) is 4.60. The monoisotopic (exact) mass is 318 g/mol. The van der Waals surface area contributed by atoms with Crippen molar-refractivity contribution in [3.63, 3.8) is 0 Å². The molecular formula is C18H23ClN2O. The van der Waals surface area contributed by atoms with Gasteiger partial charge in [-0.1, -0.05) is 11.6 Å². The van der Waals surface area contributed by atoms with Gasteiger partial charge in [-0.15, -0.1) is 0 Å². The van der Waals surface area contributed by atoms with Crippen LogP contribution in [0, 0.1) is 5.92 Å². The SMILES string of the molecule is NCCC[C@H]1CC[C@H](Oc2cc3ccncc3cc2Cl)CC1. The van der Waals surface area contributed by atoms with Crippen LogP contribution in [-0.2, 0) is 0 Å². The molecule has 0 amide bonds. The number of aromatic nitrogens is 1. The van der Waals surface area contributed by atoms with Gasteiger partial charge in [0.15, 0.2) is 0 Å². The molecule has 0 aliphatic heterocycles. The molecule has 0 atom stereocenters. The number of ether oxygens (including phenoxy) is 1. The largest absolute Gasteiger partial charge is 0.489 e. The standard InChI is InChI=1S/C18H23ClN2O/c19-17-10-15-12-21-9-7-14(15)11-18(17)22-16-5-3-13(4-6-16)2-1-8-20/h7,9-13,16H,1-6,8,20H2/t13-,16-. The molecule has 0 spiro atoms. The van der Waals surface area contributed by atoms with Crippen LogP contribution in [0.1, 0.15) is 38.5 Å². The molecule has 3 rings (SSSR count). The summed E-state index contributed by atoms with van der Waals surface area (Å²) >= 11 is 6.35. The number of halogens is 1. The minimum atomic E-state index is 0.283. The fraction of sp³-hybridized carbons (Fsp3) is 0.500. The first kappa shape index (κ1) is 15.6. The number of hydrogen-bond donors (Lipinski definition) is 1. The molecule has 1 aromatic carbocycles. The van der Waals surface area contributed by atoms with Crippen molar-refractivity contribution >= 4 is 22.4 Å². The maximum absolute atomic E-state index is 6.35. The van der Waals surface area contributed by atoms with E-state index in [9.17, 15) is 0 Å². The molecule has 0 bridgehead atoms. The summed E-state index contributed by atoms with van der Waals surface area (Å²) < 4.78 is 6.17. The van der Waals surface area contributed by atoms with E-state index in [4.69, 9.17) is 22.1 Å². The van der Waals surface area contributed by atoms with Crippen molar-refractivity contribution in [3.05, 3.63) is 35.6 Å². The predicted octanol–water partition coefficient (Wildman–Crippen LogP) is 4.56. The van der Waals surface area contributed by atoms with Crippen molar-refractivity contribution in [2.24, 2.45) is 11.7 Å². The van der Waals surface area contributed by atoms with E-state index in [-0.39, 0.29) is 6.10 Å². The molecule has 2 aromatic rings. The van der Waals surface area contributed by atoms with Gasteiger partial charge in [0.25, 0.3) is 0 Å². The van der Waals surface area contributed by atoms with Crippen LogP contribution in [0.2, 0.25) is 5.02 Å². The van der Waals surface area contributed by atoms with Crippen LogP contribution in [0.15, 0.2) is 30.6 Å². The molecule has 4 heteroatoms. The summed E-state index contributed by atoms with van der Waals surface area (Å²) in [4.78, 5) is 4.12. The Balaban J connectivity index is 1.63. The zero-order valence-electron chi connectivity index (χ0n) is 12.8. The van der Waals surface area contributed by atoms with Gasteiger partial charge in [0, 0.05) is 17.8 Å². The summed E-state index contributed by atoms with van der Waals surface area (Å²) in [6.07, 6.45) is 11.0. The molecule has 1 aliphatic rings. The van der Waals surface area contributed by atoms with Gasteiger partial charge in [-0.2, -0.15) is 0 Å². The number of rotatable bonds is 5. The Kier molecular flexibility index (Phi) is 5.16. The van der Waals surface area contributed by atoms with Gasteiger partial charge in [-0.3, -0.25) is 4.98 Å². The molecule has 1 fully saturated rings. The third kappa shape index (κ3) is 3.71. The van der Waals surface area contributed by atoms with Gasteiger partial charge in [0.05, 0.1) is 11.1 Å². The summed E-state index contributed by atoms with van der Waals surface area (Å²) in [5.74, 6) is 1.62. The summed E-state index contributed by atoms with van der Waals surface area (Å²) in [5, 5.41) is 2.84. The lowest BCUT2D eigenvalue weighted by atomic mass is 9.84. The molecule has 1 saturated carbocycles. The number of hydrogen-bond acceptors (Lipinski definition) is 3. The lowest BCUT2D eigenvalue weighted by Gasteiger charge is -2.29. The van der Waals surface area contributed by atoms with Crippen LogP contribution in [0.5, 0.6) is 5.75 Å². The van der Waals surface area contributed by atoms with Crippen LogP contribution in [-0.4, -0.2) is 17.6 Å². The molecule has 1 heterocycles. The quantitative estimate of drug-likeness (QED) is 0.878. The fourth-order valence-corrected chi connectivity index (χ4v) is 3.52. The van der Waals surface area contributed by atoms with E-state index in [0.717, 1.165) is 48.2 Å². The van der Waals surface area contributed by atoms with Crippen molar-refractivity contribution in [2.45, 2.75) is 44.6 Å². The van der Waals surface area contributed by atoms with E-state index in [1.54, 1.807) is 6.20 Å². The highest BCUT2D eigenvalue weighted by Gasteiger charge is 2.22. The third-order valence-corrected chi connectivity index (χ3v) is 4.89. The van der Waals surface area contributed by atoms with E-state index in [2.05, 4.69) is 4.98 Å². The molecule has 22 heavy (non-hydrogen) atoms. The summed E-state index contributed by atoms with van der Waals surface area (Å²) in [6, 6.07) is 5.95. The second-order valence-corrected chi connectivity index (χ2v) is 6.60. The normalized spacial score (nSPS) is 21.9. The van der Waals surface area contributed by atoms with Gasteiger partial charge < -0.3 is 10.5 Å². The van der Waals surface area contributed by atoms with Gasteiger partial charge in [-0.05, 0) is 74.6 Å². The highest BCUT2D eigenvalue weighted by molar-refractivity contribution is 6.32. The summed E-state index contributed by atoms with van der Waals surface area (Å²) in [6.45, 7) is 0.804. The first-order chi connectivity index (χ1) is 10.8. The zero-order chi connectivity index (χ0) is 15.4. The Morgan fingerprint density at radius 1 is 1.18 bits per heavy atom. The lowest BCUT2D eigenvalue weighted by Crippen LogP contribution is -2.24. The minimum Gasteiger partial charge on any atom is -0.489 e. The first-order valence-corrected chi connectivity index (χ1v) is 8.54. The van der Waals surface area contributed by atoms with Gasteiger partial charge in [0.1, 0.15) is 5.75 Å². The molecule has 3 nitrogen and oxygen atoms in total. The van der Waals surface area contributed by atoms with Crippen molar-refractivity contribution in [1.29, 1.82) is 0 Å². The van der Waals surface area contributed by atoms with Crippen molar-refractivity contribution in [3.8, 4) is 5.75 Å². The van der Waals surface area contributed by atoms with E-state index in [1.807, 2.05) is 24.4 Å². The van der Waals surface area contributed by atoms with Crippen LogP contribution in [0.25, 0.3) is 10.8 Å². The van der Waals surface area contributed by atoms with Crippen LogP contribution in [0.3, 0.4) is 0 Å². The Hall–Kier alpha value is -1.32. The van der Waals surface area contributed by atoms with Crippen LogP contribution < -0.4 is 10.5 Å². The minimum absolute atomic E-state index is 0.283. The summed E-state index contributed by atoms with van der Waals surface area (Å²) in [5.41, 5.74) is 5.59. The predicted molar refractivity (Wildman–Crippen MR) is 91.4 cm³/mol. The molecular weight excluding hydrogens is 296 g/mol. The number of pyridine rings is 1. The second kappa shape index (κ2) is 7.30.